The van der Waals surface area contributed by atoms with Crippen molar-refractivity contribution < 1.29 is 24.2 Å². The molecule has 1 aromatic rings. The molecule has 1 atom stereocenters. The van der Waals surface area contributed by atoms with E-state index in [9.17, 15) is 14.7 Å². The average molecular weight is 283 g/mol. The van der Waals surface area contributed by atoms with Crippen LogP contribution in [0.3, 0.4) is 0 Å². The first-order valence-corrected chi connectivity index (χ1v) is 6.38. The van der Waals surface area contributed by atoms with Gasteiger partial charge in [-0.2, -0.15) is 0 Å². The van der Waals surface area contributed by atoms with Crippen molar-refractivity contribution in [2.45, 2.75) is 11.7 Å². The normalized spacial score (nSPS) is 18.3. The van der Waals surface area contributed by atoms with Crippen LogP contribution in [-0.2, 0) is 11.2 Å². The molecule has 2 rings (SSSR count). The summed E-state index contributed by atoms with van der Waals surface area (Å²) in [6, 6.07) is 2.88. The van der Waals surface area contributed by atoms with E-state index < -0.39 is 5.25 Å². The van der Waals surface area contributed by atoms with Crippen molar-refractivity contribution in [1.29, 1.82) is 0 Å². The second-order valence-corrected chi connectivity index (χ2v) is 5.09. The van der Waals surface area contributed by atoms with Crippen LogP contribution in [0.5, 0.6) is 17.2 Å². The Morgan fingerprint density at radius 2 is 1.84 bits per heavy atom. The predicted octanol–water partition coefficient (Wildman–Crippen LogP) is 1.30. The van der Waals surface area contributed by atoms with E-state index in [0.717, 1.165) is 11.8 Å². The minimum Gasteiger partial charge on any atom is -0.508 e. The van der Waals surface area contributed by atoms with Crippen LogP contribution in [0, 0.1) is 0 Å². The first kappa shape index (κ1) is 13.5. The molecule has 0 radical (unpaired) electrons. The molecule has 2 N–H and O–H groups in total. The number of imide groups is 1. The molecular weight excluding hydrogens is 270 g/mol. The molecule has 2 amide bonds. The number of hydrogen-bond acceptors (Lipinski definition) is 6. The third kappa shape index (κ3) is 2.76. The minimum absolute atomic E-state index is 0.0112. The maximum atomic E-state index is 11.6. The topological polar surface area (TPSA) is 84.9 Å². The highest BCUT2D eigenvalue weighted by molar-refractivity contribution is 8.15. The van der Waals surface area contributed by atoms with Crippen LogP contribution in [0.2, 0.25) is 0 Å². The monoisotopic (exact) mass is 283 g/mol. The molecule has 1 aliphatic heterocycles. The zero-order chi connectivity index (χ0) is 14.0. The van der Waals surface area contributed by atoms with Gasteiger partial charge in [0, 0.05) is 24.1 Å². The van der Waals surface area contributed by atoms with Crippen LogP contribution in [0.4, 0.5) is 4.79 Å². The van der Waals surface area contributed by atoms with Gasteiger partial charge in [0.25, 0.3) is 5.24 Å². The van der Waals surface area contributed by atoms with E-state index in [1.807, 2.05) is 0 Å². The highest BCUT2D eigenvalue weighted by Gasteiger charge is 2.33. The fourth-order valence-electron chi connectivity index (χ4n) is 1.88. The van der Waals surface area contributed by atoms with Gasteiger partial charge in [0.15, 0.2) is 0 Å². The van der Waals surface area contributed by atoms with E-state index >= 15 is 0 Å². The Labute approximate surface area is 114 Å². The van der Waals surface area contributed by atoms with Crippen LogP contribution in [0.1, 0.15) is 5.56 Å². The molecule has 6 nitrogen and oxygen atoms in total. The van der Waals surface area contributed by atoms with Gasteiger partial charge in [-0.3, -0.25) is 14.9 Å². The number of amides is 2. The molecule has 0 aromatic heterocycles. The summed E-state index contributed by atoms with van der Waals surface area (Å²) < 4.78 is 10.4. The van der Waals surface area contributed by atoms with Gasteiger partial charge in [-0.15, -0.1) is 0 Å². The Balaban J connectivity index is 2.33. The van der Waals surface area contributed by atoms with Crippen molar-refractivity contribution in [2.75, 3.05) is 14.2 Å². The van der Waals surface area contributed by atoms with E-state index in [2.05, 4.69) is 5.32 Å². The van der Waals surface area contributed by atoms with Gasteiger partial charge in [-0.25, -0.2) is 0 Å². The molecule has 0 spiro atoms. The molecule has 0 saturated carbocycles. The maximum Gasteiger partial charge on any atom is 0.286 e. The SMILES string of the molecule is COc1cc(O)cc(OC)c1CC1SC(=O)NC1=O. The van der Waals surface area contributed by atoms with Crippen LogP contribution < -0.4 is 14.8 Å². The number of aromatic hydroxyl groups is 1. The Morgan fingerprint density at radius 3 is 2.26 bits per heavy atom. The molecule has 0 bridgehead atoms. The van der Waals surface area contributed by atoms with E-state index in [-0.39, 0.29) is 23.3 Å². The van der Waals surface area contributed by atoms with Crippen molar-refractivity contribution in [1.82, 2.24) is 5.32 Å². The lowest BCUT2D eigenvalue weighted by atomic mass is 10.1. The summed E-state index contributed by atoms with van der Waals surface area (Å²) in [7, 11) is 2.93. The quantitative estimate of drug-likeness (QED) is 0.866. The predicted molar refractivity (Wildman–Crippen MR) is 69.8 cm³/mol. The molecule has 1 aromatic carbocycles. The number of phenols is 1. The molecule has 1 unspecified atom stereocenters. The number of carbonyl (C=O) groups excluding carboxylic acids is 2. The van der Waals surface area contributed by atoms with Crippen LogP contribution in [-0.4, -0.2) is 35.7 Å². The number of rotatable bonds is 4. The number of methoxy groups -OCH3 is 2. The number of thioether (sulfide) groups is 1. The number of nitrogens with one attached hydrogen (secondary N) is 1. The third-order valence-electron chi connectivity index (χ3n) is 2.75. The van der Waals surface area contributed by atoms with Crippen LogP contribution in [0.25, 0.3) is 0 Å². The van der Waals surface area contributed by atoms with Crippen molar-refractivity contribution in [2.24, 2.45) is 0 Å². The lowest BCUT2D eigenvalue weighted by molar-refractivity contribution is -0.118. The summed E-state index contributed by atoms with van der Waals surface area (Å²) in [4.78, 5) is 22.7. The standard InChI is InChI=1S/C12H13NO5S/c1-17-8-3-6(14)4-9(18-2)7(8)5-10-11(15)13-12(16)19-10/h3-4,10,14H,5H2,1-2H3,(H,13,15,16). The summed E-state index contributed by atoms with van der Waals surface area (Å²) >= 11 is 0.938. The van der Waals surface area contributed by atoms with E-state index in [1.165, 1.54) is 26.4 Å². The van der Waals surface area contributed by atoms with Gasteiger partial charge in [-0.05, 0) is 0 Å². The number of phenolic OH excluding ortho intramolecular Hbond substituents is 1. The Kier molecular flexibility index (Phi) is 3.84. The highest BCUT2D eigenvalue weighted by atomic mass is 32.2. The Hall–Kier alpha value is -1.89. The summed E-state index contributed by atoms with van der Waals surface area (Å²) in [6.45, 7) is 0. The molecular formula is C12H13NO5S. The summed E-state index contributed by atoms with van der Waals surface area (Å²) in [5.74, 6) is 0.526. The van der Waals surface area contributed by atoms with Crippen LogP contribution in [0.15, 0.2) is 12.1 Å². The van der Waals surface area contributed by atoms with Gasteiger partial charge in [-0.1, -0.05) is 11.8 Å². The molecule has 7 heteroatoms. The second-order valence-electron chi connectivity index (χ2n) is 3.92. The van der Waals surface area contributed by atoms with Gasteiger partial charge in [0.05, 0.1) is 19.5 Å². The second kappa shape index (κ2) is 5.40. The van der Waals surface area contributed by atoms with Gasteiger partial charge >= 0.3 is 0 Å². The molecule has 1 fully saturated rings. The molecule has 19 heavy (non-hydrogen) atoms. The van der Waals surface area contributed by atoms with Crippen LogP contribution >= 0.6 is 11.8 Å². The summed E-state index contributed by atoms with van der Waals surface area (Å²) in [5.41, 5.74) is 0.644. The number of benzene rings is 1. The molecule has 102 valence electrons. The number of ether oxygens (including phenoxy) is 2. The minimum atomic E-state index is -0.514. The average Bonchev–Trinajstić information content (AvgIpc) is 2.69. The van der Waals surface area contributed by atoms with E-state index in [4.69, 9.17) is 9.47 Å². The largest absolute Gasteiger partial charge is 0.508 e. The van der Waals surface area contributed by atoms with Crippen molar-refractivity contribution in [3.63, 3.8) is 0 Å². The smallest absolute Gasteiger partial charge is 0.286 e. The van der Waals surface area contributed by atoms with Gasteiger partial charge < -0.3 is 14.6 Å². The van der Waals surface area contributed by atoms with Gasteiger partial charge in [0.2, 0.25) is 5.91 Å². The van der Waals surface area contributed by atoms with Crippen molar-refractivity contribution in [3.05, 3.63) is 17.7 Å². The van der Waals surface area contributed by atoms with Crippen molar-refractivity contribution >= 4 is 22.9 Å². The summed E-state index contributed by atoms with van der Waals surface area (Å²) in [6.07, 6.45) is 0.287. The maximum absolute atomic E-state index is 11.6. The van der Waals surface area contributed by atoms with E-state index in [1.54, 1.807) is 0 Å². The number of carbonyl (C=O) groups is 2. The Bertz CT molecular complexity index is 506. The fraction of sp³-hybridized carbons (Fsp3) is 0.333. The first-order valence-electron chi connectivity index (χ1n) is 5.50. The molecule has 1 aliphatic rings. The molecule has 0 aliphatic carbocycles. The third-order valence-corrected chi connectivity index (χ3v) is 3.73. The first-order chi connectivity index (χ1) is 9.05. The summed E-state index contributed by atoms with van der Waals surface area (Å²) in [5, 5.41) is 10.9. The van der Waals surface area contributed by atoms with Crippen molar-refractivity contribution in [3.8, 4) is 17.2 Å². The zero-order valence-electron chi connectivity index (χ0n) is 10.4. The molecule has 1 heterocycles. The number of hydrogen-bond donors (Lipinski definition) is 2. The zero-order valence-corrected chi connectivity index (χ0v) is 11.2. The van der Waals surface area contributed by atoms with E-state index in [0.29, 0.717) is 17.1 Å². The highest BCUT2D eigenvalue weighted by Crippen LogP contribution is 2.36. The lowest BCUT2D eigenvalue weighted by Crippen LogP contribution is -2.25. The molecule has 1 saturated heterocycles. The van der Waals surface area contributed by atoms with Gasteiger partial charge in [0.1, 0.15) is 17.2 Å². The lowest BCUT2D eigenvalue weighted by Gasteiger charge is -2.15. The fourth-order valence-corrected chi connectivity index (χ4v) is 2.72. The Morgan fingerprint density at radius 1 is 1.26 bits per heavy atom.